The monoisotopic (exact) mass is 290 g/mol. The van der Waals surface area contributed by atoms with Crippen molar-refractivity contribution in [2.45, 2.75) is 51.1 Å². The molecule has 3 rings (SSSR count). The van der Waals surface area contributed by atoms with Gasteiger partial charge >= 0.3 is 0 Å². The molecule has 2 amide bonds. The SMILES string of the molecule is CC(c1ccco1)N1CC(=O)NC(C2CCCCC2)C1=O. The second kappa shape index (κ2) is 5.92. The van der Waals surface area contributed by atoms with Crippen LogP contribution in [-0.2, 0) is 9.59 Å². The fourth-order valence-electron chi connectivity index (χ4n) is 3.49. The molecular weight excluding hydrogens is 268 g/mol. The summed E-state index contributed by atoms with van der Waals surface area (Å²) >= 11 is 0. The predicted molar refractivity (Wildman–Crippen MR) is 77.3 cm³/mol. The van der Waals surface area contributed by atoms with Gasteiger partial charge in [0.25, 0.3) is 0 Å². The summed E-state index contributed by atoms with van der Waals surface area (Å²) in [6.07, 6.45) is 7.19. The van der Waals surface area contributed by atoms with E-state index in [0.717, 1.165) is 31.4 Å². The van der Waals surface area contributed by atoms with Gasteiger partial charge in [-0.3, -0.25) is 9.59 Å². The number of hydrogen-bond donors (Lipinski definition) is 1. The Morgan fingerprint density at radius 3 is 2.71 bits per heavy atom. The second-order valence-corrected chi connectivity index (χ2v) is 6.10. The molecule has 5 nitrogen and oxygen atoms in total. The van der Waals surface area contributed by atoms with E-state index in [2.05, 4.69) is 5.32 Å². The topological polar surface area (TPSA) is 62.6 Å². The van der Waals surface area contributed by atoms with E-state index in [9.17, 15) is 9.59 Å². The standard InChI is InChI=1S/C16H22N2O3/c1-11(13-8-5-9-21-13)18-10-14(19)17-15(16(18)20)12-6-3-2-4-7-12/h5,8-9,11-12,15H,2-4,6-7,10H2,1H3,(H,17,19). The number of piperazine rings is 1. The second-order valence-electron chi connectivity index (χ2n) is 6.10. The number of furan rings is 1. The van der Waals surface area contributed by atoms with Crippen LogP contribution in [0.2, 0.25) is 0 Å². The van der Waals surface area contributed by atoms with Crippen molar-refractivity contribution in [1.82, 2.24) is 10.2 Å². The minimum absolute atomic E-state index is 0.0328. The van der Waals surface area contributed by atoms with Gasteiger partial charge in [-0.15, -0.1) is 0 Å². The number of carbonyl (C=O) groups is 2. The lowest BCUT2D eigenvalue weighted by atomic mass is 9.82. The van der Waals surface area contributed by atoms with Crippen molar-refractivity contribution in [3.8, 4) is 0 Å². The molecule has 0 spiro atoms. The van der Waals surface area contributed by atoms with E-state index < -0.39 is 0 Å². The van der Waals surface area contributed by atoms with Gasteiger partial charge in [0.2, 0.25) is 11.8 Å². The van der Waals surface area contributed by atoms with Crippen LogP contribution in [0, 0.1) is 5.92 Å². The van der Waals surface area contributed by atoms with Crippen LogP contribution in [-0.4, -0.2) is 29.3 Å². The number of nitrogens with one attached hydrogen (secondary N) is 1. The van der Waals surface area contributed by atoms with Crippen LogP contribution in [0.5, 0.6) is 0 Å². The zero-order chi connectivity index (χ0) is 14.8. The molecule has 2 aliphatic rings. The number of hydrogen-bond acceptors (Lipinski definition) is 3. The first-order valence-electron chi connectivity index (χ1n) is 7.80. The summed E-state index contributed by atoms with van der Waals surface area (Å²) in [5.41, 5.74) is 0. The lowest BCUT2D eigenvalue weighted by molar-refractivity contribution is -0.148. The van der Waals surface area contributed by atoms with Crippen LogP contribution in [0.25, 0.3) is 0 Å². The van der Waals surface area contributed by atoms with E-state index in [1.54, 1.807) is 17.2 Å². The maximum Gasteiger partial charge on any atom is 0.246 e. The van der Waals surface area contributed by atoms with Crippen molar-refractivity contribution in [3.63, 3.8) is 0 Å². The third kappa shape index (κ3) is 2.82. The average Bonchev–Trinajstić information content (AvgIpc) is 3.04. The maximum absolute atomic E-state index is 12.8. The van der Waals surface area contributed by atoms with Gasteiger partial charge in [-0.2, -0.15) is 0 Å². The van der Waals surface area contributed by atoms with Gasteiger partial charge in [0.1, 0.15) is 18.3 Å². The molecule has 1 aromatic rings. The zero-order valence-electron chi connectivity index (χ0n) is 12.4. The predicted octanol–water partition coefficient (Wildman–Crippen LogP) is 2.25. The van der Waals surface area contributed by atoms with Gasteiger partial charge in [0.15, 0.2) is 0 Å². The fourth-order valence-corrected chi connectivity index (χ4v) is 3.49. The van der Waals surface area contributed by atoms with Crippen molar-refractivity contribution in [3.05, 3.63) is 24.2 Å². The highest BCUT2D eigenvalue weighted by Gasteiger charge is 2.40. The number of amides is 2. The first kappa shape index (κ1) is 14.2. The van der Waals surface area contributed by atoms with E-state index in [4.69, 9.17) is 4.42 Å². The molecule has 2 atom stereocenters. The summed E-state index contributed by atoms with van der Waals surface area (Å²) < 4.78 is 5.39. The highest BCUT2D eigenvalue weighted by molar-refractivity contribution is 5.95. The van der Waals surface area contributed by atoms with Crippen LogP contribution in [0.1, 0.15) is 50.8 Å². The Hall–Kier alpha value is -1.78. The molecule has 1 aliphatic heterocycles. The molecule has 0 aromatic carbocycles. The summed E-state index contributed by atoms with van der Waals surface area (Å²) in [6, 6.07) is 3.09. The fraction of sp³-hybridized carbons (Fsp3) is 0.625. The number of rotatable bonds is 3. The first-order chi connectivity index (χ1) is 10.2. The highest BCUT2D eigenvalue weighted by Crippen LogP contribution is 2.30. The largest absolute Gasteiger partial charge is 0.467 e. The van der Waals surface area contributed by atoms with Gasteiger partial charge in [-0.05, 0) is 37.8 Å². The van der Waals surface area contributed by atoms with Gasteiger partial charge in [0, 0.05) is 0 Å². The quantitative estimate of drug-likeness (QED) is 0.928. The maximum atomic E-state index is 12.8. The van der Waals surface area contributed by atoms with E-state index in [0.29, 0.717) is 0 Å². The molecule has 1 aromatic heterocycles. The summed E-state index contributed by atoms with van der Waals surface area (Å²) in [5.74, 6) is 0.969. The van der Waals surface area contributed by atoms with E-state index in [1.165, 1.54) is 6.42 Å². The molecule has 1 aliphatic carbocycles. The van der Waals surface area contributed by atoms with Crippen LogP contribution in [0.3, 0.4) is 0 Å². The van der Waals surface area contributed by atoms with Crippen molar-refractivity contribution >= 4 is 11.8 Å². The van der Waals surface area contributed by atoms with E-state index >= 15 is 0 Å². The third-order valence-corrected chi connectivity index (χ3v) is 4.72. The normalized spacial score (nSPS) is 25.8. The van der Waals surface area contributed by atoms with Gasteiger partial charge < -0.3 is 14.6 Å². The Morgan fingerprint density at radius 2 is 2.05 bits per heavy atom. The van der Waals surface area contributed by atoms with Crippen molar-refractivity contribution in [2.75, 3.05) is 6.54 Å². The molecular formula is C16H22N2O3. The van der Waals surface area contributed by atoms with E-state index in [1.807, 2.05) is 13.0 Å². The molecule has 2 fully saturated rings. The van der Waals surface area contributed by atoms with Gasteiger partial charge in [0.05, 0.1) is 12.3 Å². The van der Waals surface area contributed by atoms with E-state index in [-0.39, 0.29) is 36.4 Å². The molecule has 114 valence electrons. The Kier molecular flexibility index (Phi) is 3.99. The lowest BCUT2D eigenvalue weighted by Crippen LogP contribution is -2.61. The molecule has 0 bridgehead atoms. The molecule has 1 N–H and O–H groups in total. The van der Waals surface area contributed by atoms with Gasteiger partial charge in [-0.1, -0.05) is 19.3 Å². The highest BCUT2D eigenvalue weighted by atomic mass is 16.3. The molecule has 1 saturated heterocycles. The van der Waals surface area contributed by atoms with Crippen LogP contribution in [0.15, 0.2) is 22.8 Å². The Morgan fingerprint density at radius 1 is 1.29 bits per heavy atom. The summed E-state index contributed by atoms with van der Waals surface area (Å²) in [7, 11) is 0. The third-order valence-electron chi connectivity index (χ3n) is 4.72. The molecule has 21 heavy (non-hydrogen) atoms. The van der Waals surface area contributed by atoms with Crippen LogP contribution >= 0.6 is 0 Å². The average molecular weight is 290 g/mol. The summed E-state index contributed by atoms with van der Waals surface area (Å²) in [5, 5.41) is 2.91. The number of carbonyl (C=O) groups excluding carboxylic acids is 2. The minimum Gasteiger partial charge on any atom is -0.467 e. The van der Waals surface area contributed by atoms with Crippen molar-refractivity contribution in [1.29, 1.82) is 0 Å². The summed E-state index contributed by atoms with van der Waals surface area (Å²) in [6.45, 7) is 2.02. The number of nitrogens with zero attached hydrogens (tertiary/aromatic N) is 1. The Labute approximate surface area is 124 Å². The molecule has 0 radical (unpaired) electrons. The smallest absolute Gasteiger partial charge is 0.246 e. The van der Waals surface area contributed by atoms with Crippen LogP contribution < -0.4 is 5.32 Å². The Balaban J connectivity index is 1.77. The minimum atomic E-state index is -0.357. The Bertz CT molecular complexity index is 506. The molecule has 2 heterocycles. The zero-order valence-corrected chi connectivity index (χ0v) is 12.4. The van der Waals surface area contributed by atoms with Gasteiger partial charge in [-0.25, -0.2) is 0 Å². The van der Waals surface area contributed by atoms with Crippen LogP contribution in [0.4, 0.5) is 0 Å². The lowest BCUT2D eigenvalue weighted by Gasteiger charge is -2.39. The van der Waals surface area contributed by atoms with Crippen molar-refractivity contribution in [2.24, 2.45) is 5.92 Å². The summed E-state index contributed by atoms with van der Waals surface area (Å²) in [4.78, 5) is 26.4. The molecule has 2 unspecified atom stereocenters. The molecule has 1 saturated carbocycles. The first-order valence-corrected chi connectivity index (χ1v) is 7.80. The molecule has 5 heteroatoms. The van der Waals surface area contributed by atoms with Crippen molar-refractivity contribution < 1.29 is 14.0 Å².